The van der Waals surface area contributed by atoms with Gasteiger partial charge in [0, 0.05) is 16.9 Å². The van der Waals surface area contributed by atoms with Crippen LogP contribution < -0.4 is 9.47 Å². The molecule has 1 aromatic carbocycles. The van der Waals surface area contributed by atoms with Gasteiger partial charge in [-0.1, -0.05) is 18.2 Å². The lowest BCUT2D eigenvalue weighted by molar-refractivity contribution is -0.560. The Labute approximate surface area is 115 Å². The molecule has 0 N–H and O–H groups in total. The van der Waals surface area contributed by atoms with Gasteiger partial charge in [-0.3, -0.25) is 10.1 Å². The van der Waals surface area contributed by atoms with Crippen molar-refractivity contribution in [1.29, 1.82) is 0 Å². The van der Waals surface area contributed by atoms with E-state index in [2.05, 4.69) is 0 Å². The normalized spacial score (nSPS) is 27.2. The van der Waals surface area contributed by atoms with Gasteiger partial charge in [0.1, 0.15) is 11.5 Å². The summed E-state index contributed by atoms with van der Waals surface area (Å²) in [6, 6.07) is 5.06. The summed E-state index contributed by atoms with van der Waals surface area (Å²) >= 11 is 0. The second-order valence-electron chi connectivity index (χ2n) is 4.91. The second-order valence-corrected chi connectivity index (χ2v) is 4.91. The maximum atomic E-state index is 12.2. The van der Waals surface area contributed by atoms with Crippen molar-refractivity contribution in [1.82, 2.24) is 0 Å². The fraction of sp³-hybridized carbons (Fsp3) is 0.357. The van der Waals surface area contributed by atoms with Crippen molar-refractivity contribution in [2.75, 3.05) is 7.11 Å². The first kappa shape index (κ1) is 12.7. The molecule has 20 heavy (non-hydrogen) atoms. The molecule has 1 aliphatic heterocycles. The lowest BCUT2D eigenvalue weighted by Gasteiger charge is -2.37. The number of hydrogen-bond donors (Lipinski definition) is 0. The molecular formula is C14H13NO5. The maximum absolute atomic E-state index is 12.2. The summed E-state index contributed by atoms with van der Waals surface area (Å²) < 4.78 is 10.5. The van der Waals surface area contributed by atoms with Crippen LogP contribution in [-0.2, 0) is 4.79 Å². The molecule has 2 atom stereocenters. The lowest BCUT2D eigenvalue weighted by atomic mass is 9.70. The monoisotopic (exact) mass is 275 g/mol. The van der Waals surface area contributed by atoms with Crippen LogP contribution in [0.1, 0.15) is 24.3 Å². The third-order valence-corrected chi connectivity index (χ3v) is 4.02. The minimum atomic E-state index is -1.74. The number of rotatable bonds is 2. The summed E-state index contributed by atoms with van der Waals surface area (Å²) in [6.45, 7) is 0. The largest absolute Gasteiger partial charge is 0.496 e. The van der Waals surface area contributed by atoms with Gasteiger partial charge in [-0.15, -0.1) is 0 Å². The van der Waals surface area contributed by atoms with E-state index in [1.807, 2.05) is 6.08 Å². The smallest absolute Gasteiger partial charge is 0.391 e. The Kier molecular flexibility index (Phi) is 2.74. The average molecular weight is 275 g/mol. The summed E-state index contributed by atoms with van der Waals surface area (Å²) in [5, 5.41) is 11.6. The summed E-state index contributed by atoms with van der Waals surface area (Å²) in [4.78, 5) is 23.3. The summed E-state index contributed by atoms with van der Waals surface area (Å²) in [5.41, 5.74) is -1.13. The number of esters is 1. The Morgan fingerprint density at radius 2 is 2.25 bits per heavy atom. The number of benzene rings is 1. The van der Waals surface area contributed by atoms with Gasteiger partial charge < -0.3 is 9.47 Å². The SMILES string of the molecule is COc1cccc2c1C1CC=CCC1([N+](=O)[O-])C(=O)O2. The van der Waals surface area contributed by atoms with E-state index in [4.69, 9.17) is 9.47 Å². The van der Waals surface area contributed by atoms with Gasteiger partial charge >= 0.3 is 11.5 Å². The molecule has 2 unspecified atom stereocenters. The molecular weight excluding hydrogens is 262 g/mol. The van der Waals surface area contributed by atoms with Crippen molar-refractivity contribution < 1.29 is 19.2 Å². The van der Waals surface area contributed by atoms with E-state index in [9.17, 15) is 14.9 Å². The molecule has 104 valence electrons. The number of nitrogens with zero attached hydrogens (tertiary/aromatic N) is 1. The van der Waals surface area contributed by atoms with Gasteiger partial charge in [-0.2, -0.15) is 0 Å². The molecule has 0 saturated heterocycles. The van der Waals surface area contributed by atoms with Crippen molar-refractivity contribution in [2.45, 2.75) is 24.3 Å². The average Bonchev–Trinajstić information content (AvgIpc) is 2.46. The van der Waals surface area contributed by atoms with Crippen LogP contribution in [-0.4, -0.2) is 23.5 Å². The van der Waals surface area contributed by atoms with Gasteiger partial charge in [0.05, 0.1) is 13.0 Å². The van der Waals surface area contributed by atoms with Crippen LogP contribution in [0.15, 0.2) is 30.4 Å². The zero-order chi connectivity index (χ0) is 14.3. The molecule has 0 fully saturated rings. The highest BCUT2D eigenvalue weighted by Crippen LogP contribution is 2.51. The number of allylic oxidation sites excluding steroid dienone is 1. The van der Waals surface area contributed by atoms with Gasteiger partial charge in [0.15, 0.2) is 0 Å². The Bertz CT molecular complexity index is 624. The molecule has 1 aromatic rings. The highest BCUT2D eigenvalue weighted by atomic mass is 16.6. The lowest BCUT2D eigenvalue weighted by Crippen LogP contribution is -2.56. The van der Waals surface area contributed by atoms with Gasteiger partial charge in [-0.25, -0.2) is 4.79 Å². The fourth-order valence-corrected chi connectivity index (χ4v) is 3.01. The van der Waals surface area contributed by atoms with Crippen LogP contribution in [0.4, 0.5) is 0 Å². The number of carbonyl (C=O) groups excluding carboxylic acids is 1. The van der Waals surface area contributed by atoms with E-state index >= 15 is 0 Å². The predicted molar refractivity (Wildman–Crippen MR) is 69.5 cm³/mol. The molecule has 3 rings (SSSR count). The molecule has 1 aliphatic carbocycles. The first-order chi connectivity index (χ1) is 9.61. The first-order valence-electron chi connectivity index (χ1n) is 6.30. The number of ether oxygens (including phenoxy) is 2. The molecule has 0 amide bonds. The van der Waals surface area contributed by atoms with Crippen LogP contribution in [0.25, 0.3) is 0 Å². The topological polar surface area (TPSA) is 78.7 Å². The van der Waals surface area contributed by atoms with Crippen LogP contribution in [0, 0.1) is 10.1 Å². The minimum absolute atomic E-state index is 0.0426. The maximum Gasteiger partial charge on any atom is 0.391 e. The van der Waals surface area contributed by atoms with Crippen molar-refractivity contribution >= 4 is 5.97 Å². The molecule has 0 spiro atoms. The van der Waals surface area contributed by atoms with Crippen molar-refractivity contribution in [2.24, 2.45) is 0 Å². The molecule has 0 radical (unpaired) electrons. The molecule has 0 saturated carbocycles. The number of nitro groups is 1. The quantitative estimate of drug-likeness (QED) is 0.271. The highest BCUT2D eigenvalue weighted by Gasteiger charge is 2.63. The van der Waals surface area contributed by atoms with E-state index in [1.54, 1.807) is 24.3 Å². The first-order valence-corrected chi connectivity index (χ1v) is 6.30. The summed E-state index contributed by atoms with van der Waals surface area (Å²) in [6.07, 6.45) is 3.99. The zero-order valence-electron chi connectivity index (χ0n) is 10.9. The molecule has 1 heterocycles. The van der Waals surface area contributed by atoms with E-state index in [-0.39, 0.29) is 6.42 Å². The fourth-order valence-electron chi connectivity index (χ4n) is 3.01. The predicted octanol–water partition coefficient (Wildman–Crippen LogP) is 2.06. The van der Waals surface area contributed by atoms with Crippen LogP contribution in [0.2, 0.25) is 0 Å². The van der Waals surface area contributed by atoms with Gasteiger partial charge in [-0.05, 0) is 18.6 Å². The second kappa shape index (κ2) is 4.33. The van der Waals surface area contributed by atoms with Crippen molar-refractivity contribution in [3.8, 4) is 11.5 Å². The Balaban J connectivity index is 2.26. The van der Waals surface area contributed by atoms with Gasteiger partial charge in [0.2, 0.25) is 0 Å². The number of fused-ring (bicyclic) bond motifs is 3. The Hall–Kier alpha value is -2.37. The molecule has 0 bridgehead atoms. The van der Waals surface area contributed by atoms with E-state index in [1.165, 1.54) is 7.11 Å². The van der Waals surface area contributed by atoms with Crippen molar-refractivity contribution in [3.05, 3.63) is 46.0 Å². The Morgan fingerprint density at radius 3 is 2.95 bits per heavy atom. The van der Waals surface area contributed by atoms with Gasteiger partial charge in [0.25, 0.3) is 0 Å². The zero-order valence-corrected chi connectivity index (χ0v) is 10.9. The Morgan fingerprint density at radius 1 is 1.45 bits per heavy atom. The van der Waals surface area contributed by atoms with E-state index < -0.39 is 22.3 Å². The molecule has 6 nitrogen and oxygen atoms in total. The standard InChI is InChI=1S/C14H13NO5/c1-19-10-6-4-7-11-12(10)9-5-2-3-8-14(9,15(17)18)13(16)20-11/h2-4,6-7,9H,5,8H2,1H3. The summed E-state index contributed by atoms with van der Waals surface area (Å²) in [5.74, 6) is -0.485. The minimum Gasteiger partial charge on any atom is -0.496 e. The van der Waals surface area contributed by atoms with Crippen LogP contribution in [0.5, 0.6) is 11.5 Å². The highest BCUT2D eigenvalue weighted by molar-refractivity contribution is 5.86. The number of carbonyl (C=O) groups is 1. The van der Waals surface area contributed by atoms with Crippen molar-refractivity contribution in [3.63, 3.8) is 0 Å². The molecule has 0 aromatic heterocycles. The molecule has 6 heteroatoms. The third-order valence-electron chi connectivity index (χ3n) is 4.02. The van der Waals surface area contributed by atoms with E-state index in [0.717, 1.165) is 0 Å². The van der Waals surface area contributed by atoms with Crippen LogP contribution >= 0.6 is 0 Å². The number of hydrogen-bond acceptors (Lipinski definition) is 5. The van der Waals surface area contributed by atoms with Crippen LogP contribution in [0.3, 0.4) is 0 Å². The molecule has 2 aliphatic rings. The third kappa shape index (κ3) is 1.47. The van der Waals surface area contributed by atoms with E-state index in [0.29, 0.717) is 23.5 Å². The number of methoxy groups -OCH3 is 1. The summed E-state index contributed by atoms with van der Waals surface area (Å²) in [7, 11) is 1.50.